The van der Waals surface area contributed by atoms with E-state index in [1.807, 2.05) is 0 Å². The highest BCUT2D eigenvalue weighted by Gasteiger charge is 2.29. The molecule has 1 atom stereocenters. The Hall–Kier alpha value is -3.42. The van der Waals surface area contributed by atoms with Crippen molar-refractivity contribution in [2.24, 2.45) is 0 Å². The van der Waals surface area contributed by atoms with Crippen molar-refractivity contribution in [2.45, 2.75) is 25.3 Å². The molecule has 32 heavy (non-hydrogen) atoms. The van der Waals surface area contributed by atoms with Gasteiger partial charge in [-0.15, -0.1) is 0 Å². The van der Waals surface area contributed by atoms with Gasteiger partial charge in [0, 0.05) is 43.1 Å². The number of oxazole rings is 1. The van der Waals surface area contributed by atoms with Gasteiger partial charge in [-0.25, -0.2) is 9.78 Å². The Balaban J connectivity index is 1.82. The van der Waals surface area contributed by atoms with Crippen molar-refractivity contribution in [1.29, 1.82) is 0 Å². The van der Waals surface area contributed by atoms with Gasteiger partial charge >= 0.3 is 11.9 Å². The van der Waals surface area contributed by atoms with Crippen LogP contribution in [0.3, 0.4) is 0 Å². The molecule has 1 aromatic carbocycles. The van der Waals surface area contributed by atoms with Crippen molar-refractivity contribution >= 4 is 11.7 Å². The molecule has 1 unspecified atom stereocenters. The number of carbonyl (C=O) groups is 1. The average molecular weight is 443 g/mol. The fourth-order valence-corrected chi connectivity index (χ4v) is 3.45. The number of methoxy groups -OCH3 is 2. The number of non-ortho nitro benzene ring substituents is 1. The first-order chi connectivity index (χ1) is 15.5. The third kappa shape index (κ3) is 5.84. The van der Waals surface area contributed by atoms with Gasteiger partial charge < -0.3 is 18.6 Å². The summed E-state index contributed by atoms with van der Waals surface area (Å²) in [5.41, 5.74) is 1.14. The Bertz CT molecular complexity index is 985. The number of unbranched alkanes of at least 4 members (excludes halogenated alkanes) is 1. The van der Waals surface area contributed by atoms with Gasteiger partial charge in [0.2, 0.25) is 5.89 Å². The van der Waals surface area contributed by atoms with Crippen molar-refractivity contribution < 1.29 is 28.3 Å². The van der Waals surface area contributed by atoms with Gasteiger partial charge in [-0.1, -0.05) is 5.92 Å². The van der Waals surface area contributed by atoms with E-state index < -0.39 is 10.9 Å². The smallest absolute Gasteiger partial charge is 0.384 e. The number of aromatic nitrogens is 1. The van der Waals surface area contributed by atoms with E-state index in [1.165, 1.54) is 26.4 Å². The second-order valence-electron chi connectivity index (χ2n) is 7.05. The van der Waals surface area contributed by atoms with Crippen LogP contribution in [0.2, 0.25) is 0 Å². The highest BCUT2D eigenvalue weighted by molar-refractivity contribution is 5.88. The van der Waals surface area contributed by atoms with E-state index in [-0.39, 0.29) is 17.7 Å². The maximum absolute atomic E-state index is 11.1. The molecule has 0 radical (unpaired) electrons. The van der Waals surface area contributed by atoms with Gasteiger partial charge in [0.15, 0.2) is 5.69 Å². The maximum Gasteiger partial charge on any atom is 0.384 e. The number of nitro benzene ring substituents is 1. The molecule has 0 N–H and O–H groups in total. The third-order valence-electron chi connectivity index (χ3n) is 5.08. The molecule has 3 rings (SSSR count). The predicted molar refractivity (Wildman–Crippen MR) is 114 cm³/mol. The standard InChI is InChI=1S/C22H25N3O7/c1-29-19(26)7-5-3-4-6-18(24-12-14-31-15-13-24)21-23-20(22(30-2)32-21)16-8-10-17(11-9-16)25(27)28/h8-11,18H,3-4,6,12-15H2,1-2H3. The van der Waals surface area contributed by atoms with Crippen LogP contribution >= 0.6 is 0 Å². The normalized spacial score (nSPS) is 14.8. The van der Waals surface area contributed by atoms with Gasteiger partial charge in [0.1, 0.15) is 0 Å². The molecule has 0 bridgehead atoms. The highest BCUT2D eigenvalue weighted by Crippen LogP contribution is 2.36. The summed E-state index contributed by atoms with van der Waals surface area (Å²) in [4.78, 5) is 28.6. The van der Waals surface area contributed by atoms with Gasteiger partial charge in [-0.05, 0) is 25.0 Å². The molecule has 170 valence electrons. The zero-order valence-corrected chi connectivity index (χ0v) is 18.0. The van der Waals surface area contributed by atoms with E-state index >= 15 is 0 Å². The lowest BCUT2D eigenvalue weighted by Crippen LogP contribution is -2.39. The van der Waals surface area contributed by atoms with Gasteiger partial charge in [0.05, 0.1) is 38.4 Å². The highest BCUT2D eigenvalue weighted by atomic mass is 16.6. The zero-order chi connectivity index (χ0) is 22.9. The molecule has 1 aliphatic rings. The summed E-state index contributed by atoms with van der Waals surface area (Å²) >= 11 is 0. The van der Waals surface area contributed by atoms with E-state index in [0.29, 0.717) is 43.2 Å². The molecule has 0 aliphatic carbocycles. The van der Waals surface area contributed by atoms with Crippen LogP contribution in [0.25, 0.3) is 11.3 Å². The van der Waals surface area contributed by atoms with Crippen LogP contribution in [-0.2, 0) is 14.3 Å². The summed E-state index contributed by atoms with van der Waals surface area (Å²) in [6.07, 6.45) is 1.96. The lowest BCUT2D eigenvalue weighted by Gasteiger charge is -2.32. The summed E-state index contributed by atoms with van der Waals surface area (Å²) in [5.74, 6) is 5.44. The lowest BCUT2D eigenvalue weighted by atomic mass is 10.1. The second-order valence-corrected chi connectivity index (χ2v) is 7.05. The summed E-state index contributed by atoms with van der Waals surface area (Å²) in [7, 11) is 2.79. The molecule has 1 fully saturated rings. The summed E-state index contributed by atoms with van der Waals surface area (Å²) in [6, 6.07) is 5.95. The molecular formula is C22H25N3O7. The van der Waals surface area contributed by atoms with Crippen LogP contribution in [0.4, 0.5) is 5.69 Å². The molecular weight excluding hydrogens is 418 g/mol. The van der Waals surface area contributed by atoms with Gasteiger partial charge in [0.25, 0.3) is 5.69 Å². The molecule has 0 saturated carbocycles. The lowest BCUT2D eigenvalue weighted by molar-refractivity contribution is -0.384. The molecule has 2 heterocycles. The summed E-state index contributed by atoms with van der Waals surface area (Å²) in [5, 5.41) is 10.9. The minimum Gasteiger partial charge on any atom is -0.467 e. The van der Waals surface area contributed by atoms with E-state index in [9.17, 15) is 14.9 Å². The van der Waals surface area contributed by atoms with Crippen LogP contribution in [0, 0.1) is 22.0 Å². The van der Waals surface area contributed by atoms with Crippen molar-refractivity contribution in [1.82, 2.24) is 9.88 Å². The van der Waals surface area contributed by atoms with Crippen LogP contribution in [0.1, 0.15) is 31.2 Å². The first kappa shape index (κ1) is 23.2. The number of ether oxygens (including phenoxy) is 3. The molecule has 1 aromatic heterocycles. The van der Waals surface area contributed by atoms with E-state index in [1.54, 1.807) is 12.1 Å². The SMILES string of the molecule is COC(=O)C#CCCCC(c1nc(-c2ccc([N+](=O)[O-])cc2)c(OC)o1)N1CCOCC1. The van der Waals surface area contributed by atoms with Crippen molar-refractivity contribution in [2.75, 3.05) is 40.5 Å². The minimum absolute atomic E-state index is 0.00399. The molecule has 2 aromatic rings. The van der Waals surface area contributed by atoms with Crippen molar-refractivity contribution in [3.8, 4) is 29.0 Å². The average Bonchev–Trinajstić information content (AvgIpc) is 3.25. The van der Waals surface area contributed by atoms with Gasteiger partial charge in [-0.3, -0.25) is 15.0 Å². The number of rotatable bonds is 8. The van der Waals surface area contributed by atoms with Crippen LogP contribution in [0.5, 0.6) is 5.95 Å². The third-order valence-corrected chi connectivity index (χ3v) is 5.08. The Morgan fingerprint density at radius 3 is 2.62 bits per heavy atom. The number of morpholine rings is 1. The Morgan fingerprint density at radius 1 is 1.28 bits per heavy atom. The number of carbonyl (C=O) groups excluding carboxylic acids is 1. The second kappa shape index (κ2) is 11.3. The van der Waals surface area contributed by atoms with Crippen LogP contribution in [-0.4, -0.2) is 61.3 Å². The molecule has 0 spiro atoms. The fraction of sp³-hybridized carbons (Fsp3) is 0.455. The quantitative estimate of drug-likeness (QED) is 0.151. The number of esters is 1. The topological polar surface area (TPSA) is 117 Å². The number of nitrogens with zero attached hydrogens (tertiary/aromatic N) is 3. The fourth-order valence-electron chi connectivity index (χ4n) is 3.45. The van der Waals surface area contributed by atoms with Gasteiger partial charge in [-0.2, -0.15) is 0 Å². The largest absolute Gasteiger partial charge is 0.467 e. The van der Waals surface area contributed by atoms with E-state index in [2.05, 4.69) is 26.5 Å². The van der Waals surface area contributed by atoms with Crippen LogP contribution in [0.15, 0.2) is 28.7 Å². The Kier molecular flexibility index (Phi) is 8.19. The minimum atomic E-state index is -0.556. The molecule has 1 aliphatic heterocycles. The first-order valence-corrected chi connectivity index (χ1v) is 10.2. The maximum atomic E-state index is 11.1. The molecule has 0 amide bonds. The zero-order valence-electron chi connectivity index (χ0n) is 18.0. The number of benzene rings is 1. The summed E-state index contributed by atoms with van der Waals surface area (Å²) < 4.78 is 21.4. The molecule has 1 saturated heterocycles. The molecule has 10 heteroatoms. The Morgan fingerprint density at radius 2 is 2.00 bits per heavy atom. The predicted octanol–water partition coefficient (Wildman–Crippen LogP) is 2.98. The number of nitro groups is 1. The number of hydrogen-bond donors (Lipinski definition) is 0. The van der Waals surface area contributed by atoms with E-state index in [4.69, 9.17) is 13.9 Å². The van der Waals surface area contributed by atoms with Crippen molar-refractivity contribution in [3.05, 3.63) is 40.3 Å². The Labute approximate surface area is 185 Å². The monoisotopic (exact) mass is 443 g/mol. The van der Waals surface area contributed by atoms with Crippen LogP contribution < -0.4 is 4.74 Å². The van der Waals surface area contributed by atoms with Crippen molar-refractivity contribution in [3.63, 3.8) is 0 Å². The number of hydrogen-bond acceptors (Lipinski definition) is 9. The first-order valence-electron chi connectivity index (χ1n) is 10.2. The van der Waals surface area contributed by atoms with E-state index in [0.717, 1.165) is 19.5 Å². The summed E-state index contributed by atoms with van der Waals surface area (Å²) in [6.45, 7) is 2.70. The molecule has 10 nitrogen and oxygen atoms in total.